The number of nitrogens with zero attached hydrogens (tertiary/aromatic N) is 1. The molecule has 6 nitrogen and oxygen atoms in total. The van der Waals surface area contributed by atoms with E-state index in [0.717, 1.165) is 35.4 Å². The number of hydrogen-bond donors (Lipinski definition) is 3. The monoisotopic (exact) mass is 338 g/mol. The minimum atomic E-state index is -0.183. The molecule has 0 saturated carbocycles. The number of amides is 1. The average Bonchev–Trinajstić information content (AvgIpc) is 3.11. The van der Waals surface area contributed by atoms with Crippen molar-refractivity contribution in [1.29, 1.82) is 0 Å². The number of hydrogen-bond acceptors (Lipinski definition) is 3. The summed E-state index contributed by atoms with van der Waals surface area (Å²) >= 11 is 0. The molecule has 2 heterocycles. The molecule has 1 amide bonds. The smallest absolute Gasteiger partial charge is 0.268 e. The molecule has 0 atom stereocenters. The van der Waals surface area contributed by atoms with Gasteiger partial charge < -0.3 is 15.3 Å². The van der Waals surface area contributed by atoms with E-state index < -0.39 is 0 Å². The van der Waals surface area contributed by atoms with Gasteiger partial charge in [-0.25, -0.2) is 4.98 Å². The van der Waals surface area contributed by atoms with E-state index in [0.29, 0.717) is 23.4 Å². The van der Waals surface area contributed by atoms with Gasteiger partial charge in [0.1, 0.15) is 11.5 Å². The highest BCUT2D eigenvalue weighted by Gasteiger charge is 2.19. The Bertz CT molecular complexity index is 903. The van der Waals surface area contributed by atoms with Gasteiger partial charge >= 0.3 is 0 Å². The first kappa shape index (κ1) is 17.0. The summed E-state index contributed by atoms with van der Waals surface area (Å²) in [5.41, 5.74) is 4.49. The molecule has 0 aliphatic heterocycles. The molecule has 0 unspecified atom stereocenters. The molecule has 2 aromatic heterocycles. The molecule has 25 heavy (non-hydrogen) atoms. The number of imidazole rings is 1. The fraction of sp³-hybridized carbons (Fsp3) is 0.316. The van der Waals surface area contributed by atoms with E-state index in [9.17, 15) is 9.59 Å². The molecule has 0 bridgehead atoms. The van der Waals surface area contributed by atoms with Gasteiger partial charge in [0.2, 0.25) is 0 Å². The Balaban J connectivity index is 1.56. The molecule has 3 rings (SSSR count). The van der Waals surface area contributed by atoms with E-state index in [1.807, 2.05) is 31.2 Å². The van der Waals surface area contributed by atoms with Gasteiger partial charge in [0.05, 0.1) is 11.0 Å². The molecule has 1 aromatic carbocycles. The molecule has 6 heteroatoms. The molecule has 3 N–H and O–H groups in total. The first-order valence-corrected chi connectivity index (χ1v) is 8.39. The normalized spacial score (nSPS) is 11.0. The van der Waals surface area contributed by atoms with Crippen LogP contribution in [0.25, 0.3) is 11.0 Å². The largest absolute Gasteiger partial charge is 0.354 e. The van der Waals surface area contributed by atoms with Crippen LogP contribution >= 0.6 is 0 Å². The number of carbonyl (C=O) groups excluding carboxylic acids is 2. The fourth-order valence-electron chi connectivity index (χ4n) is 3.18. The van der Waals surface area contributed by atoms with E-state index in [-0.39, 0.29) is 11.7 Å². The van der Waals surface area contributed by atoms with Crippen molar-refractivity contribution in [3.05, 3.63) is 52.6 Å². The van der Waals surface area contributed by atoms with Crippen LogP contribution in [0.15, 0.2) is 24.3 Å². The van der Waals surface area contributed by atoms with Crippen molar-refractivity contribution in [2.45, 2.75) is 33.6 Å². The Hall–Kier alpha value is -2.89. The maximum atomic E-state index is 12.3. The third-order valence-corrected chi connectivity index (χ3v) is 4.33. The maximum Gasteiger partial charge on any atom is 0.268 e. The number of H-pyrrole nitrogens is 2. The summed E-state index contributed by atoms with van der Waals surface area (Å²) in [7, 11) is 0. The lowest BCUT2D eigenvalue weighted by Crippen LogP contribution is -2.26. The van der Waals surface area contributed by atoms with Gasteiger partial charge in [-0.3, -0.25) is 9.59 Å². The quantitative estimate of drug-likeness (QED) is 0.476. The van der Waals surface area contributed by atoms with Crippen molar-refractivity contribution >= 4 is 22.7 Å². The Morgan fingerprint density at radius 2 is 1.92 bits per heavy atom. The van der Waals surface area contributed by atoms with Crippen molar-refractivity contribution in [2.24, 2.45) is 0 Å². The lowest BCUT2D eigenvalue weighted by Gasteiger charge is -2.04. The first-order valence-electron chi connectivity index (χ1n) is 8.39. The van der Waals surface area contributed by atoms with Crippen LogP contribution in [0.3, 0.4) is 0 Å². The molecular formula is C19H22N4O2. The number of rotatable bonds is 6. The summed E-state index contributed by atoms with van der Waals surface area (Å²) in [6.07, 6.45) is 1.54. The summed E-state index contributed by atoms with van der Waals surface area (Å²) in [6, 6.07) is 7.90. The number of Topliss-reactive ketones (excluding diaryl/α,β-unsaturated/α-hetero) is 1. The van der Waals surface area contributed by atoms with Gasteiger partial charge in [0, 0.05) is 24.2 Å². The molecule has 130 valence electrons. The van der Waals surface area contributed by atoms with E-state index in [1.54, 1.807) is 6.92 Å². The van der Waals surface area contributed by atoms with Gasteiger partial charge in [0.25, 0.3) is 5.91 Å². The summed E-state index contributed by atoms with van der Waals surface area (Å²) in [5, 5.41) is 2.90. The van der Waals surface area contributed by atoms with Crippen LogP contribution in [0.1, 0.15) is 51.3 Å². The van der Waals surface area contributed by atoms with Gasteiger partial charge in [-0.2, -0.15) is 0 Å². The second kappa shape index (κ2) is 6.93. The number of aromatic nitrogens is 3. The number of ketones is 1. The van der Waals surface area contributed by atoms with Crippen LogP contribution in [-0.2, 0) is 6.42 Å². The predicted octanol–water partition coefficient (Wildman–Crippen LogP) is 3.07. The van der Waals surface area contributed by atoms with Crippen molar-refractivity contribution in [2.75, 3.05) is 6.54 Å². The fourth-order valence-corrected chi connectivity index (χ4v) is 3.18. The van der Waals surface area contributed by atoms with Crippen LogP contribution in [0, 0.1) is 13.8 Å². The van der Waals surface area contributed by atoms with Gasteiger partial charge in [-0.15, -0.1) is 0 Å². The Morgan fingerprint density at radius 1 is 1.16 bits per heavy atom. The average molecular weight is 338 g/mol. The summed E-state index contributed by atoms with van der Waals surface area (Å²) in [6.45, 7) is 5.66. The standard InChI is InChI=1S/C19H22N4O2/c1-11-17(13(3)24)12(2)21-18(11)19(25)20-10-6-9-16-22-14-7-4-5-8-15(14)23-16/h4-5,7-8,21H,6,9-10H2,1-3H3,(H,20,25)(H,22,23). The Labute approximate surface area is 146 Å². The number of aromatic amines is 2. The molecule has 0 radical (unpaired) electrons. The zero-order chi connectivity index (χ0) is 18.0. The van der Waals surface area contributed by atoms with Crippen LogP contribution in [0.2, 0.25) is 0 Å². The number of para-hydroxylation sites is 2. The number of nitrogens with one attached hydrogen (secondary N) is 3. The Kier molecular flexibility index (Phi) is 4.70. The summed E-state index contributed by atoms with van der Waals surface area (Å²) < 4.78 is 0. The second-order valence-corrected chi connectivity index (χ2v) is 6.24. The van der Waals surface area contributed by atoms with Crippen LogP contribution in [-0.4, -0.2) is 33.2 Å². The number of carbonyl (C=O) groups is 2. The zero-order valence-corrected chi connectivity index (χ0v) is 14.7. The highest BCUT2D eigenvalue weighted by molar-refractivity contribution is 6.02. The molecular weight excluding hydrogens is 316 g/mol. The second-order valence-electron chi connectivity index (χ2n) is 6.24. The predicted molar refractivity (Wildman–Crippen MR) is 97.0 cm³/mol. The highest BCUT2D eigenvalue weighted by atomic mass is 16.2. The maximum absolute atomic E-state index is 12.3. The minimum Gasteiger partial charge on any atom is -0.354 e. The van der Waals surface area contributed by atoms with E-state index >= 15 is 0 Å². The molecule has 0 aliphatic carbocycles. The summed E-state index contributed by atoms with van der Waals surface area (Å²) in [5.74, 6) is 0.703. The van der Waals surface area contributed by atoms with Crippen molar-refractivity contribution < 1.29 is 9.59 Å². The third kappa shape index (κ3) is 3.47. The summed E-state index contributed by atoms with van der Waals surface area (Å²) in [4.78, 5) is 34.8. The molecule has 0 aliphatic rings. The first-order chi connectivity index (χ1) is 12.0. The van der Waals surface area contributed by atoms with E-state index in [2.05, 4.69) is 20.3 Å². The molecule has 0 spiro atoms. The van der Waals surface area contributed by atoms with Gasteiger partial charge in [-0.05, 0) is 44.9 Å². The Morgan fingerprint density at radius 3 is 2.60 bits per heavy atom. The topological polar surface area (TPSA) is 90.6 Å². The van der Waals surface area contributed by atoms with Crippen LogP contribution in [0.4, 0.5) is 0 Å². The van der Waals surface area contributed by atoms with Crippen molar-refractivity contribution in [1.82, 2.24) is 20.3 Å². The SMILES string of the molecule is CC(=O)c1c(C)[nH]c(C(=O)NCCCc2nc3ccccc3[nH]2)c1C. The zero-order valence-electron chi connectivity index (χ0n) is 14.7. The lowest BCUT2D eigenvalue weighted by atomic mass is 10.1. The van der Waals surface area contributed by atoms with Gasteiger partial charge in [-0.1, -0.05) is 12.1 Å². The number of benzene rings is 1. The number of fused-ring (bicyclic) bond motifs is 1. The number of aryl methyl sites for hydroxylation is 2. The van der Waals surface area contributed by atoms with Gasteiger partial charge in [0.15, 0.2) is 5.78 Å². The molecule has 0 saturated heterocycles. The van der Waals surface area contributed by atoms with Crippen LogP contribution in [0.5, 0.6) is 0 Å². The molecule has 0 fully saturated rings. The third-order valence-electron chi connectivity index (χ3n) is 4.33. The highest BCUT2D eigenvalue weighted by Crippen LogP contribution is 2.18. The molecule has 3 aromatic rings. The van der Waals surface area contributed by atoms with Crippen molar-refractivity contribution in [3.8, 4) is 0 Å². The van der Waals surface area contributed by atoms with E-state index in [4.69, 9.17) is 0 Å². The van der Waals surface area contributed by atoms with Crippen molar-refractivity contribution in [3.63, 3.8) is 0 Å². The lowest BCUT2D eigenvalue weighted by molar-refractivity contribution is 0.0948. The van der Waals surface area contributed by atoms with E-state index in [1.165, 1.54) is 6.92 Å². The van der Waals surface area contributed by atoms with Crippen LogP contribution < -0.4 is 5.32 Å². The minimum absolute atomic E-state index is 0.0322.